The van der Waals surface area contributed by atoms with Gasteiger partial charge in [0.05, 0.1) is 24.3 Å². The van der Waals surface area contributed by atoms with Crippen molar-refractivity contribution in [1.29, 1.82) is 5.26 Å². The van der Waals surface area contributed by atoms with Crippen LogP contribution in [0.3, 0.4) is 0 Å². The number of aromatic nitrogens is 3. The van der Waals surface area contributed by atoms with E-state index in [1.807, 2.05) is 19.0 Å². The van der Waals surface area contributed by atoms with Gasteiger partial charge in [-0.1, -0.05) is 19.3 Å². The molecule has 0 aromatic carbocycles. The molecule has 2 aromatic heterocycles. The zero-order valence-corrected chi connectivity index (χ0v) is 23.9. The predicted molar refractivity (Wildman–Crippen MR) is 152 cm³/mol. The SMILES string of the molecule is CN(C)CCOc1ccc(C(N)=O)nc1C1CCN(c2cc(C(=O)CC3CCC3)nc(OC[C@@H]3C[C@@H]3C#N)n2)CC1. The first-order valence-corrected chi connectivity index (χ1v) is 14.6. The molecule has 3 fully saturated rings. The summed E-state index contributed by atoms with van der Waals surface area (Å²) >= 11 is 0. The van der Waals surface area contributed by atoms with Gasteiger partial charge in [0.15, 0.2) is 5.78 Å². The van der Waals surface area contributed by atoms with Crippen LogP contribution < -0.4 is 20.1 Å². The highest BCUT2D eigenvalue weighted by Gasteiger charge is 2.38. The normalized spacial score (nSPS) is 20.8. The zero-order valence-electron chi connectivity index (χ0n) is 23.9. The molecule has 218 valence electrons. The van der Waals surface area contributed by atoms with Crippen molar-refractivity contribution < 1.29 is 19.1 Å². The third-order valence-electron chi connectivity index (χ3n) is 8.33. The molecule has 0 unspecified atom stereocenters. The molecule has 41 heavy (non-hydrogen) atoms. The molecule has 0 bridgehead atoms. The Labute approximate surface area is 241 Å². The lowest BCUT2D eigenvalue weighted by atomic mass is 9.81. The Morgan fingerprint density at radius 2 is 1.88 bits per heavy atom. The average Bonchev–Trinajstić information content (AvgIpc) is 3.72. The van der Waals surface area contributed by atoms with Crippen LogP contribution in [0, 0.1) is 29.1 Å². The molecule has 1 aliphatic heterocycles. The molecule has 5 rings (SSSR count). The number of primary amides is 1. The molecule has 3 heterocycles. The molecule has 0 spiro atoms. The molecule has 0 radical (unpaired) electrons. The highest BCUT2D eigenvalue weighted by Crippen LogP contribution is 2.38. The van der Waals surface area contributed by atoms with E-state index in [1.54, 1.807) is 18.2 Å². The van der Waals surface area contributed by atoms with Crippen molar-refractivity contribution in [2.24, 2.45) is 23.5 Å². The van der Waals surface area contributed by atoms with Crippen LogP contribution in [0.25, 0.3) is 0 Å². The molecule has 1 saturated heterocycles. The first kappa shape index (κ1) is 28.7. The van der Waals surface area contributed by atoms with Crippen LogP contribution in [0.5, 0.6) is 11.8 Å². The molecule has 2 atom stereocenters. The van der Waals surface area contributed by atoms with Gasteiger partial charge in [-0.2, -0.15) is 15.2 Å². The van der Waals surface area contributed by atoms with E-state index in [4.69, 9.17) is 20.5 Å². The molecule has 11 heteroatoms. The van der Waals surface area contributed by atoms with E-state index < -0.39 is 5.91 Å². The number of nitriles is 1. The van der Waals surface area contributed by atoms with E-state index in [2.05, 4.69) is 25.9 Å². The third-order valence-corrected chi connectivity index (χ3v) is 8.33. The number of ether oxygens (including phenoxy) is 2. The van der Waals surface area contributed by atoms with Gasteiger partial charge < -0.3 is 25.0 Å². The minimum atomic E-state index is -0.566. The molecule has 2 aliphatic carbocycles. The van der Waals surface area contributed by atoms with Gasteiger partial charge in [0.25, 0.3) is 5.91 Å². The standard InChI is InChI=1S/C30H39N7O4/c1-36(2)12-13-40-26-7-6-23(29(32)39)33-28(26)20-8-10-37(11-9-20)27-16-24(25(38)14-19-4-3-5-19)34-30(35-27)41-18-22-15-21(22)17-31/h6-7,16,19-22H,3-5,8-15,18H2,1-2H3,(H2,32,39)/t21-,22+/m1/s1. The second kappa shape index (κ2) is 12.8. The van der Waals surface area contributed by atoms with Gasteiger partial charge in [0, 0.05) is 44.0 Å². The maximum atomic E-state index is 13.1. The molecule has 3 aliphatic rings. The molecular weight excluding hydrogens is 522 g/mol. The number of likely N-dealkylation sites (N-methyl/N-ethyl adjacent to an activating group) is 1. The van der Waals surface area contributed by atoms with Crippen LogP contribution in [-0.2, 0) is 0 Å². The van der Waals surface area contributed by atoms with Gasteiger partial charge in [0.2, 0.25) is 0 Å². The number of rotatable bonds is 13. The summed E-state index contributed by atoms with van der Waals surface area (Å²) in [4.78, 5) is 42.9. The maximum absolute atomic E-state index is 13.1. The van der Waals surface area contributed by atoms with Crippen molar-refractivity contribution in [3.8, 4) is 17.8 Å². The second-order valence-electron chi connectivity index (χ2n) is 11.7. The van der Waals surface area contributed by atoms with Crippen molar-refractivity contribution in [2.45, 2.75) is 50.9 Å². The van der Waals surface area contributed by atoms with E-state index in [1.165, 1.54) is 6.42 Å². The van der Waals surface area contributed by atoms with Crippen LogP contribution in [0.1, 0.15) is 77.5 Å². The average molecular weight is 562 g/mol. The Bertz CT molecular complexity index is 1300. The molecule has 2 saturated carbocycles. The van der Waals surface area contributed by atoms with Gasteiger partial charge >= 0.3 is 6.01 Å². The van der Waals surface area contributed by atoms with Crippen molar-refractivity contribution in [3.63, 3.8) is 0 Å². The van der Waals surface area contributed by atoms with Gasteiger partial charge in [-0.05, 0) is 51.4 Å². The molecule has 11 nitrogen and oxygen atoms in total. The van der Waals surface area contributed by atoms with Crippen molar-refractivity contribution >= 4 is 17.5 Å². The summed E-state index contributed by atoms with van der Waals surface area (Å²) in [5.74, 6) is 1.52. The minimum Gasteiger partial charge on any atom is -0.490 e. The number of Topliss-reactive ketones (excluding diaryl/α,β-unsaturated/α-hetero) is 1. The lowest BCUT2D eigenvalue weighted by Crippen LogP contribution is -2.34. The van der Waals surface area contributed by atoms with E-state index in [9.17, 15) is 9.59 Å². The van der Waals surface area contributed by atoms with Crippen LogP contribution in [0.2, 0.25) is 0 Å². The number of anilines is 1. The Morgan fingerprint density at radius 1 is 1.10 bits per heavy atom. The lowest BCUT2D eigenvalue weighted by Gasteiger charge is -2.33. The number of hydrogen-bond donors (Lipinski definition) is 1. The monoisotopic (exact) mass is 561 g/mol. The number of pyridine rings is 1. The van der Waals surface area contributed by atoms with Crippen LogP contribution >= 0.6 is 0 Å². The molecular formula is C30H39N7O4. The summed E-state index contributed by atoms with van der Waals surface area (Å²) in [6.45, 7) is 2.99. The number of ketones is 1. The Morgan fingerprint density at radius 3 is 2.51 bits per heavy atom. The number of amides is 1. The van der Waals surface area contributed by atoms with Crippen LogP contribution in [-0.4, -0.2) is 78.5 Å². The Balaban J connectivity index is 1.30. The minimum absolute atomic E-state index is 0.0198. The summed E-state index contributed by atoms with van der Waals surface area (Å²) in [6.07, 6.45) is 6.19. The predicted octanol–water partition coefficient (Wildman–Crippen LogP) is 3.21. The highest BCUT2D eigenvalue weighted by molar-refractivity contribution is 5.95. The maximum Gasteiger partial charge on any atom is 0.319 e. The number of nitrogens with two attached hydrogens (primary N) is 1. The van der Waals surface area contributed by atoms with Gasteiger partial charge in [-0.15, -0.1) is 0 Å². The van der Waals surface area contributed by atoms with E-state index in [-0.39, 0.29) is 35.2 Å². The fraction of sp³-hybridized carbons (Fsp3) is 0.600. The summed E-state index contributed by atoms with van der Waals surface area (Å²) in [6, 6.07) is 7.64. The largest absolute Gasteiger partial charge is 0.490 e. The topological polar surface area (TPSA) is 148 Å². The number of carbonyl (C=O) groups excluding carboxylic acids is 2. The van der Waals surface area contributed by atoms with Crippen molar-refractivity contribution in [1.82, 2.24) is 19.9 Å². The van der Waals surface area contributed by atoms with Gasteiger partial charge in [0.1, 0.15) is 29.6 Å². The number of hydrogen-bond acceptors (Lipinski definition) is 10. The Hall–Kier alpha value is -3.78. The quantitative estimate of drug-likeness (QED) is 0.362. The molecule has 2 aromatic rings. The smallest absolute Gasteiger partial charge is 0.319 e. The second-order valence-corrected chi connectivity index (χ2v) is 11.7. The summed E-state index contributed by atoms with van der Waals surface area (Å²) in [5.41, 5.74) is 6.89. The number of carbonyl (C=O) groups is 2. The fourth-order valence-corrected chi connectivity index (χ4v) is 5.35. The molecule has 2 N–H and O–H groups in total. The Kier molecular flexibility index (Phi) is 8.98. The van der Waals surface area contributed by atoms with Crippen LogP contribution in [0.4, 0.5) is 5.82 Å². The van der Waals surface area contributed by atoms with Crippen LogP contribution in [0.15, 0.2) is 18.2 Å². The summed E-state index contributed by atoms with van der Waals surface area (Å²) in [7, 11) is 3.97. The summed E-state index contributed by atoms with van der Waals surface area (Å²) < 4.78 is 12.0. The van der Waals surface area contributed by atoms with Gasteiger partial charge in [-0.25, -0.2) is 4.98 Å². The fourth-order valence-electron chi connectivity index (χ4n) is 5.35. The van der Waals surface area contributed by atoms with E-state index in [0.717, 1.165) is 44.3 Å². The highest BCUT2D eigenvalue weighted by atomic mass is 16.5. The van der Waals surface area contributed by atoms with E-state index >= 15 is 0 Å². The first-order chi connectivity index (χ1) is 19.8. The first-order valence-electron chi connectivity index (χ1n) is 14.6. The van der Waals surface area contributed by atoms with Crippen molar-refractivity contribution in [2.75, 3.05) is 51.8 Å². The molecule has 1 amide bonds. The third kappa shape index (κ3) is 7.30. The van der Waals surface area contributed by atoms with Crippen molar-refractivity contribution in [3.05, 3.63) is 35.3 Å². The van der Waals surface area contributed by atoms with Gasteiger partial charge in [-0.3, -0.25) is 9.59 Å². The summed E-state index contributed by atoms with van der Waals surface area (Å²) in [5, 5.41) is 9.12. The number of nitrogens with zero attached hydrogens (tertiary/aromatic N) is 6. The number of piperidine rings is 1. The lowest BCUT2D eigenvalue weighted by molar-refractivity contribution is 0.0929. The zero-order chi connectivity index (χ0) is 28.9. The van der Waals surface area contributed by atoms with E-state index in [0.29, 0.717) is 55.9 Å².